The molecule has 1 unspecified atom stereocenters. The third-order valence-corrected chi connectivity index (χ3v) is 3.04. The van der Waals surface area contributed by atoms with Crippen LogP contribution in [0, 0.1) is 0 Å². The van der Waals surface area contributed by atoms with E-state index in [1.807, 2.05) is 29.2 Å². The molecule has 0 saturated carbocycles. The van der Waals surface area contributed by atoms with Crippen LogP contribution < -0.4 is 5.73 Å². The van der Waals surface area contributed by atoms with Crippen molar-refractivity contribution in [1.29, 1.82) is 0 Å². The zero-order chi connectivity index (χ0) is 11.5. The average Bonchev–Trinajstić information content (AvgIpc) is 2.54. The number of amides is 1. The van der Waals surface area contributed by atoms with E-state index in [0.717, 1.165) is 23.6 Å². The van der Waals surface area contributed by atoms with E-state index in [4.69, 9.17) is 17.3 Å². The quantitative estimate of drug-likeness (QED) is 0.866. The van der Waals surface area contributed by atoms with Gasteiger partial charge in [0.25, 0.3) is 0 Å². The van der Waals surface area contributed by atoms with Gasteiger partial charge in [-0.05, 0) is 24.1 Å². The van der Waals surface area contributed by atoms with Crippen LogP contribution in [0.3, 0.4) is 0 Å². The van der Waals surface area contributed by atoms with Crippen molar-refractivity contribution in [3.63, 3.8) is 0 Å². The van der Waals surface area contributed by atoms with Gasteiger partial charge in [-0.3, -0.25) is 4.79 Å². The number of nitrogens with zero attached hydrogens (tertiary/aromatic N) is 1. The lowest BCUT2D eigenvalue weighted by atomic mass is 10.1. The lowest BCUT2D eigenvalue weighted by molar-refractivity contribution is -0.127. The summed E-state index contributed by atoms with van der Waals surface area (Å²) in [4.78, 5) is 13.3. The first-order chi connectivity index (χ1) is 7.65. The van der Waals surface area contributed by atoms with E-state index in [0.29, 0.717) is 13.0 Å². The second-order valence-corrected chi connectivity index (χ2v) is 4.62. The molecule has 1 atom stereocenters. The monoisotopic (exact) mass is 238 g/mol. The van der Waals surface area contributed by atoms with Gasteiger partial charge in [0.1, 0.15) is 0 Å². The molecule has 1 aliphatic rings. The molecule has 2 rings (SSSR count). The maximum Gasteiger partial charge on any atom is 0.224 e. The molecule has 16 heavy (non-hydrogen) atoms. The van der Waals surface area contributed by atoms with Crippen LogP contribution in [0.2, 0.25) is 5.02 Å². The Kier molecular flexibility index (Phi) is 3.46. The summed E-state index contributed by atoms with van der Waals surface area (Å²) in [6.45, 7) is 1.41. The molecular formula is C12H15ClN2O. The summed E-state index contributed by atoms with van der Waals surface area (Å²) in [6, 6.07) is 7.73. The summed E-state index contributed by atoms with van der Waals surface area (Å²) in [5, 5.41) is 0.738. The molecule has 0 bridgehead atoms. The predicted octanol–water partition coefficient (Wildman–Crippen LogP) is 1.44. The third kappa shape index (κ3) is 2.74. The smallest absolute Gasteiger partial charge is 0.224 e. The van der Waals surface area contributed by atoms with Crippen molar-refractivity contribution in [2.24, 2.45) is 5.73 Å². The third-order valence-electron chi connectivity index (χ3n) is 2.80. The van der Waals surface area contributed by atoms with Gasteiger partial charge in [-0.2, -0.15) is 0 Å². The number of carbonyl (C=O) groups is 1. The summed E-state index contributed by atoms with van der Waals surface area (Å²) in [5.41, 5.74) is 6.88. The number of benzene rings is 1. The van der Waals surface area contributed by atoms with Gasteiger partial charge in [-0.15, -0.1) is 0 Å². The summed E-state index contributed by atoms with van der Waals surface area (Å²) < 4.78 is 0. The minimum atomic E-state index is 0.00635. The maximum atomic E-state index is 11.5. The van der Waals surface area contributed by atoms with E-state index in [1.54, 1.807) is 0 Å². The lowest BCUT2D eigenvalue weighted by Crippen LogP contribution is -2.30. The molecule has 1 aromatic rings. The second-order valence-electron chi connectivity index (χ2n) is 4.18. The molecule has 0 radical (unpaired) electrons. The van der Waals surface area contributed by atoms with Gasteiger partial charge in [0.2, 0.25) is 5.91 Å². The van der Waals surface area contributed by atoms with E-state index in [2.05, 4.69) is 0 Å². The van der Waals surface area contributed by atoms with Gasteiger partial charge in [0, 0.05) is 30.6 Å². The SMILES string of the molecule is NC1CC(=O)N(CCc2cccc(Cl)c2)C1. The fraction of sp³-hybridized carbons (Fsp3) is 0.417. The summed E-state index contributed by atoms with van der Waals surface area (Å²) in [6.07, 6.45) is 1.31. The van der Waals surface area contributed by atoms with Crippen molar-refractivity contribution in [3.8, 4) is 0 Å². The van der Waals surface area contributed by atoms with Crippen molar-refractivity contribution in [2.45, 2.75) is 18.9 Å². The summed E-state index contributed by atoms with van der Waals surface area (Å²) in [7, 11) is 0. The largest absolute Gasteiger partial charge is 0.341 e. The van der Waals surface area contributed by atoms with Gasteiger partial charge in [-0.25, -0.2) is 0 Å². The molecule has 1 amide bonds. The van der Waals surface area contributed by atoms with Gasteiger partial charge in [-0.1, -0.05) is 23.7 Å². The zero-order valence-electron chi connectivity index (χ0n) is 9.03. The lowest BCUT2D eigenvalue weighted by Gasteiger charge is -2.15. The summed E-state index contributed by atoms with van der Waals surface area (Å²) in [5.74, 6) is 0.162. The van der Waals surface area contributed by atoms with Gasteiger partial charge in [0.15, 0.2) is 0 Å². The normalized spacial score (nSPS) is 20.5. The Labute approximate surface area is 100 Å². The topological polar surface area (TPSA) is 46.3 Å². The number of rotatable bonds is 3. The van der Waals surface area contributed by atoms with Gasteiger partial charge in [0.05, 0.1) is 0 Å². The molecule has 1 aromatic carbocycles. The molecule has 1 saturated heterocycles. The van der Waals surface area contributed by atoms with Crippen LogP contribution in [0.4, 0.5) is 0 Å². The van der Waals surface area contributed by atoms with Gasteiger partial charge < -0.3 is 10.6 Å². The van der Waals surface area contributed by atoms with Crippen molar-refractivity contribution >= 4 is 17.5 Å². The van der Waals surface area contributed by atoms with Crippen molar-refractivity contribution in [2.75, 3.05) is 13.1 Å². The average molecular weight is 239 g/mol. The van der Waals surface area contributed by atoms with Crippen molar-refractivity contribution in [1.82, 2.24) is 4.90 Å². The highest BCUT2D eigenvalue weighted by molar-refractivity contribution is 6.30. The Bertz CT molecular complexity index is 394. The molecule has 4 heteroatoms. The number of halogens is 1. The zero-order valence-corrected chi connectivity index (χ0v) is 9.78. The number of likely N-dealkylation sites (tertiary alicyclic amines) is 1. The van der Waals surface area contributed by atoms with Crippen LogP contribution in [-0.2, 0) is 11.2 Å². The number of hydrogen-bond acceptors (Lipinski definition) is 2. The first-order valence-electron chi connectivity index (χ1n) is 5.43. The highest BCUT2D eigenvalue weighted by atomic mass is 35.5. The van der Waals surface area contributed by atoms with Crippen LogP contribution in [0.25, 0.3) is 0 Å². The van der Waals surface area contributed by atoms with Crippen LogP contribution >= 0.6 is 11.6 Å². The Hall–Kier alpha value is -1.06. The van der Waals surface area contributed by atoms with Crippen molar-refractivity contribution in [3.05, 3.63) is 34.9 Å². The fourth-order valence-corrected chi connectivity index (χ4v) is 2.19. The Morgan fingerprint density at radius 2 is 2.31 bits per heavy atom. The molecule has 3 nitrogen and oxygen atoms in total. The Morgan fingerprint density at radius 1 is 1.50 bits per heavy atom. The molecule has 86 valence electrons. The van der Waals surface area contributed by atoms with E-state index < -0.39 is 0 Å². The minimum Gasteiger partial charge on any atom is -0.341 e. The van der Waals surface area contributed by atoms with E-state index in [-0.39, 0.29) is 11.9 Å². The Morgan fingerprint density at radius 3 is 2.94 bits per heavy atom. The maximum absolute atomic E-state index is 11.5. The first kappa shape index (κ1) is 11.4. The molecular weight excluding hydrogens is 224 g/mol. The summed E-state index contributed by atoms with van der Waals surface area (Å²) >= 11 is 5.89. The molecule has 0 aliphatic carbocycles. The van der Waals surface area contributed by atoms with Crippen LogP contribution in [0.1, 0.15) is 12.0 Å². The standard InChI is InChI=1S/C12H15ClN2O/c13-10-3-1-2-9(6-10)4-5-15-8-11(14)7-12(15)16/h1-3,6,11H,4-5,7-8,14H2. The molecule has 1 fully saturated rings. The van der Waals surface area contributed by atoms with Crippen molar-refractivity contribution < 1.29 is 4.79 Å². The second kappa shape index (κ2) is 4.85. The van der Waals surface area contributed by atoms with E-state index in [9.17, 15) is 4.79 Å². The number of hydrogen-bond donors (Lipinski definition) is 1. The Balaban J connectivity index is 1.90. The van der Waals surface area contributed by atoms with E-state index >= 15 is 0 Å². The molecule has 0 spiro atoms. The molecule has 2 N–H and O–H groups in total. The molecule has 1 heterocycles. The van der Waals surface area contributed by atoms with E-state index in [1.165, 1.54) is 0 Å². The highest BCUT2D eigenvalue weighted by Crippen LogP contribution is 2.13. The van der Waals surface area contributed by atoms with Crippen LogP contribution in [0.5, 0.6) is 0 Å². The molecule has 1 aliphatic heterocycles. The van der Waals surface area contributed by atoms with Crippen LogP contribution in [0.15, 0.2) is 24.3 Å². The number of carbonyl (C=O) groups excluding carboxylic acids is 1. The predicted molar refractivity (Wildman–Crippen MR) is 64.3 cm³/mol. The highest BCUT2D eigenvalue weighted by Gasteiger charge is 2.26. The fourth-order valence-electron chi connectivity index (χ4n) is 1.98. The first-order valence-corrected chi connectivity index (χ1v) is 5.81. The van der Waals surface area contributed by atoms with Crippen LogP contribution in [-0.4, -0.2) is 29.9 Å². The number of nitrogens with two attached hydrogens (primary N) is 1. The van der Waals surface area contributed by atoms with Gasteiger partial charge >= 0.3 is 0 Å². The minimum absolute atomic E-state index is 0.00635. The molecule has 0 aromatic heterocycles.